The van der Waals surface area contributed by atoms with E-state index in [0.29, 0.717) is 5.88 Å². The quantitative estimate of drug-likeness (QED) is 0.500. The van der Waals surface area contributed by atoms with Gasteiger partial charge in [0.05, 0.1) is 0 Å². The first-order chi connectivity index (χ1) is 6.24. The molecule has 1 saturated heterocycles. The minimum atomic E-state index is 0.640. The van der Waals surface area contributed by atoms with Gasteiger partial charge in [-0.25, -0.2) is 0 Å². The zero-order chi connectivity index (χ0) is 9.68. The molecular weight excluding hydrogens is 182 g/mol. The minimum Gasteiger partial charge on any atom is -0.299 e. The van der Waals surface area contributed by atoms with Crippen LogP contribution in [0.2, 0.25) is 0 Å². The second kappa shape index (κ2) is 5.66. The number of nitrogens with zero attached hydrogens (tertiary/aromatic N) is 1. The topological polar surface area (TPSA) is 3.24 Å². The Morgan fingerprint density at radius 1 is 1.46 bits per heavy atom. The van der Waals surface area contributed by atoms with Gasteiger partial charge in [0.1, 0.15) is 0 Å². The number of hydrogen-bond donors (Lipinski definition) is 0. The number of alkyl halides is 1. The number of likely N-dealkylation sites (tertiary alicyclic amines) is 1. The lowest BCUT2D eigenvalue weighted by Gasteiger charge is -2.15. The molecule has 76 valence electrons. The van der Waals surface area contributed by atoms with Crippen molar-refractivity contribution in [2.45, 2.75) is 20.3 Å². The van der Waals surface area contributed by atoms with E-state index in [1.165, 1.54) is 19.5 Å². The van der Waals surface area contributed by atoms with Gasteiger partial charge in [-0.15, -0.1) is 11.6 Å². The lowest BCUT2D eigenvalue weighted by molar-refractivity contribution is 0.329. The third-order valence-electron chi connectivity index (χ3n) is 2.87. The van der Waals surface area contributed by atoms with E-state index in [1.807, 2.05) is 6.08 Å². The van der Waals surface area contributed by atoms with Crippen LogP contribution in [0.15, 0.2) is 12.2 Å². The number of halogens is 1. The molecule has 0 aromatic rings. The van der Waals surface area contributed by atoms with Crippen LogP contribution < -0.4 is 0 Å². The fourth-order valence-electron chi connectivity index (χ4n) is 1.86. The van der Waals surface area contributed by atoms with Gasteiger partial charge < -0.3 is 0 Å². The van der Waals surface area contributed by atoms with Crippen LogP contribution >= 0.6 is 11.6 Å². The first kappa shape index (κ1) is 11.1. The van der Waals surface area contributed by atoms with Crippen molar-refractivity contribution in [1.29, 1.82) is 0 Å². The van der Waals surface area contributed by atoms with Crippen LogP contribution in [0.4, 0.5) is 0 Å². The van der Waals surface area contributed by atoms with Gasteiger partial charge >= 0.3 is 0 Å². The Hall–Kier alpha value is -0.0100. The number of allylic oxidation sites excluding steroid dienone is 1. The fraction of sp³-hybridized carbons (Fsp3) is 0.818. The summed E-state index contributed by atoms with van der Waals surface area (Å²) in [5.41, 5.74) is 0. The summed E-state index contributed by atoms with van der Waals surface area (Å²) in [6.45, 7) is 8.25. The van der Waals surface area contributed by atoms with Crippen molar-refractivity contribution in [3.8, 4) is 0 Å². The largest absolute Gasteiger partial charge is 0.299 e. The van der Waals surface area contributed by atoms with Crippen molar-refractivity contribution >= 4 is 11.6 Å². The molecule has 2 heteroatoms. The van der Waals surface area contributed by atoms with Gasteiger partial charge in [-0.1, -0.05) is 26.0 Å². The third-order valence-corrected chi connectivity index (χ3v) is 3.05. The highest BCUT2D eigenvalue weighted by Crippen LogP contribution is 2.23. The van der Waals surface area contributed by atoms with Gasteiger partial charge in [-0.3, -0.25) is 4.90 Å². The first-order valence-corrected chi connectivity index (χ1v) is 5.70. The SMILES string of the molecule is CC(C)C1CCN(C/C=C/CCl)C1. The van der Waals surface area contributed by atoms with Crippen LogP contribution in [0.25, 0.3) is 0 Å². The van der Waals surface area contributed by atoms with Gasteiger partial charge in [0.2, 0.25) is 0 Å². The molecule has 0 aromatic heterocycles. The Labute approximate surface area is 86.8 Å². The lowest BCUT2D eigenvalue weighted by Crippen LogP contribution is -2.21. The average Bonchev–Trinajstić information content (AvgIpc) is 2.53. The zero-order valence-corrected chi connectivity index (χ0v) is 9.43. The Kier molecular flexibility index (Phi) is 4.82. The summed E-state index contributed by atoms with van der Waals surface area (Å²) < 4.78 is 0. The van der Waals surface area contributed by atoms with Gasteiger partial charge in [0.15, 0.2) is 0 Å². The molecule has 0 radical (unpaired) electrons. The number of rotatable bonds is 4. The summed E-state index contributed by atoms with van der Waals surface area (Å²) in [4.78, 5) is 2.51. The van der Waals surface area contributed by atoms with Crippen LogP contribution in [0.1, 0.15) is 20.3 Å². The molecule has 1 aliphatic heterocycles. The molecule has 1 nitrogen and oxygen atoms in total. The Balaban J connectivity index is 2.21. The van der Waals surface area contributed by atoms with E-state index in [0.717, 1.165) is 18.4 Å². The zero-order valence-electron chi connectivity index (χ0n) is 8.67. The predicted octanol–water partition coefficient (Wildman–Crippen LogP) is 2.76. The van der Waals surface area contributed by atoms with Crippen molar-refractivity contribution in [2.24, 2.45) is 11.8 Å². The van der Waals surface area contributed by atoms with E-state index in [1.54, 1.807) is 0 Å². The second-order valence-electron chi connectivity index (χ2n) is 4.18. The normalized spacial score (nSPS) is 25.1. The highest BCUT2D eigenvalue weighted by molar-refractivity contribution is 6.18. The Morgan fingerprint density at radius 2 is 2.23 bits per heavy atom. The predicted molar refractivity (Wildman–Crippen MR) is 59.2 cm³/mol. The molecule has 0 spiro atoms. The molecule has 1 unspecified atom stereocenters. The van der Waals surface area contributed by atoms with E-state index in [-0.39, 0.29) is 0 Å². The van der Waals surface area contributed by atoms with E-state index >= 15 is 0 Å². The molecule has 13 heavy (non-hydrogen) atoms. The smallest absolute Gasteiger partial charge is 0.0404 e. The molecule has 0 aliphatic carbocycles. The molecule has 0 amide bonds. The summed E-state index contributed by atoms with van der Waals surface area (Å²) >= 11 is 5.56. The number of hydrogen-bond acceptors (Lipinski definition) is 1. The molecule has 1 fully saturated rings. The third kappa shape index (κ3) is 3.70. The molecule has 0 N–H and O–H groups in total. The van der Waals surface area contributed by atoms with Crippen LogP contribution in [-0.2, 0) is 0 Å². The van der Waals surface area contributed by atoms with Crippen molar-refractivity contribution < 1.29 is 0 Å². The highest BCUT2D eigenvalue weighted by Gasteiger charge is 2.23. The standard InChI is InChI=1S/C11H20ClN/c1-10(2)11-5-8-13(9-11)7-4-3-6-12/h3-4,10-11H,5-9H2,1-2H3/b4-3+. The summed E-state index contributed by atoms with van der Waals surface area (Å²) in [5, 5.41) is 0. The Morgan fingerprint density at radius 3 is 2.77 bits per heavy atom. The van der Waals surface area contributed by atoms with E-state index in [2.05, 4.69) is 24.8 Å². The monoisotopic (exact) mass is 201 g/mol. The van der Waals surface area contributed by atoms with Crippen molar-refractivity contribution in [1.82, 2.24) is 4.90 Å². The maximum absolute atomic E-state index is 5.56. The average molecular weight is 202 g/mol. The van der Waals surface area contributed by atoms with Gasteiger partial charge in [-0.2, -0.15) is 0 Å². The maximum Gasteiger partial charge on any atom is 0.0404 e. The van der Waals surface area contributed by atoms with E-state index < -0.39 is 0 Å². The Bertz CT molecular complexity index is 165. The van der Waals surface area contributed by atoms with Crippen molar-refractivity contribution in [3.05, 3.63) is 12.2 Å². The minimum absolute atomic E-state index is 0.640. The van der Waals surface area contributed by atoms with E-state index in [9.17, 15) is 0 Å². The molecule has 1 rings (SSSR count). The van der Waals surface area contributed by atoms with Gasteiger partial charge in [0.25, 0.3) is 0 Å². The molecular formula is C11H20ClN. The summed E-state index contributed by atoms with van der Waals surface area (Å²) in [7, 11) is 0. The van der Waals surface area contributed by atoms with Gasteiger partial charge in [-0.05, 0) is 24.8 Å². The molecule has 1 heterocycles. The molecule has 0 aromatic carbocycles. The second-order valence-corrected chi connectivity index (χ2v) is 4.49. The summed E-state index contributed by atoms with van der Waals surface area (Å²) in [5.74, 6) is 2.38. The van der Waals surface area contributed by atoms with Crippen LogP contribution in [-0.4, -0.2) is 30.4 Å². The molecule has 0 bridgehead atoms. The summed E-state index contributed by atoms with van der Waals surface area (Å²) in [6.07, 6.45) is 5.58. The fourth-order valence-corrected chi connectivity index (χ4v) is 1.99. The summed E-state index contributed by atoms with van der Waals surface area (Å²) in [6, 6.07) is 0. The molecule has 1 atom stereocenters. The van der Waals surface area contributed by atoms with Crippen LogP contribution in [0, 0.1) is 11.8 Å². The maximum atomic E-state index is 5.56. The van der Waals surface area contributed by atoms with E-state index in [4.69, 9.17) is 11.6 Å². The lowest BCUT2D eigenvalue weighted by atomic mass is 9.95. The van der Waals surface area contributed by atoms with Crippen LogP contribution in [0.5, 0.6) is 0 Å². The first-order valence-electron chi connectivity index (χ1n) is 5.17. The van der Waals surface area contributed by atoms with Crippen molar-refractivity contribution in [2.75, 3.05) is 25.5 Å². The highest BCUT2D eigenvalue weighted by atomic mass is 35.5. The van der Waals surface area contributed by atoms with Crippen molar-refractivity contribution in [3.63, 3.8) is 0 Å². The molecule has 1 aliphatic rings. The van der Waals surface area contributed by atoms with Gasteiger partial charge in [0, 0.05) is 19.0 Å². The van der Waals surface area contributed by atoms with Crippen LogP contribution in [0.3, 0.4) is 0 Å². The molecule has 0 saturated carbocycles.